The van der Waals surface area contributed by atoms with Gasteiger partial charge in [0.15, 0.2) is 5.65 Å². The fourth-order valence-corrected chi connectivity index (χ4v) is 1.48. The van der Waals surface area contributed by atoms with E-state index in [1.807, 2.05) is 6.07 Å². The topological polar surface area (TPSA) is 76.8 Å². The summed E-state index contributed by atoms with van der Waals surface area (Å²) in [6.45, 7) is 4.12. The summed E-state index contributed by atoms with van der Waals surface area (Å²) in [5.41, 5.74) is 7.54. The highest BCUT2D eigenvalue weighted by atomic mass is 16.5. The monoisotopic (exact) mass is 220 g/mol. The lowest BCUT2D eigenvalue weighted by molar-refractivity contribution is 0.399. The minimum Gasteiger partial charge on any atom is -0.481 e. The predicted octanol–water partition coefficient (Wildman–Crippen LogP) is 1.62. The van der Waals surface area contributed by atoms with Crippen molar-refractivity contribution in [1.29, 1.82) is 0 Å². The maximum Gasteiger partial charge on any atom is 0.215 e. The highest BCUT2D eigenvalue weighted by Crippen LogP contribution is 2.20. The van der Waals surface area contributed by atoms with E-state index < -0.39 is 0 Å². The van der Waals surface area contributed by atoms with Crippen molar-refractivity contribution in [2.45, 2.75) is 19.9 Å². The molecule has 5 nitrogen and oxygen atoms in total. The van der Waals surface area contributed by atoms with E-state index >= 15 is 0 Å². The molecule has 0 fully saturated rings. The molecule has 0 saturated heterocycles. The molecule has 3 N–H and O–H groups in total. The standard InChI is InChI=1S/C11H16N4O/c1-6(2)9(12)11-13-7-4-5-8(16-3)14-10(7)15-11/h4-6,9H,12H2,1-3H3,(H,13,14,15). The second-order valence-electron chi connectivity index (χ2n) is 4.12. The Morgan fingerprint density at radius 3 is 2.69 bits per heavy atom. The molecular formula is C11H16N4O. The van der Waals surface area contributed by atoms with E-state index in [0.29, 0.717) is 17.4 Å². The van der Waals surface area contributed by atoms with Crippen LogP contribution in [-0.2, 0) is 0 Å². The van der Waals surface area contributed by atoms with Gasteiger partial charge in [0.05, 0.1) is 18.7 Å². The van der Waals surface area contributed by atoms with E-state index in [1.165, 1.54) is 0 Å². The summed E-state index contributed by atoms with van der Waals surface area (Å²) in [4.78, 5) is 11.8. The first kappa shape index (κ1) is 10.9. The Balaban J connectivity index is 2.43. The van der Waals surface area contributed by atoms with Crippen LogP contribution in [0.2, 0.25) is 0 Å². The van der Waals surface area contributed by atoms with Crippen LogP contribution in [0.3, 0.4) is 0 Å². The summed E-state index contributed by atoms with van der Waals surface area (Å²) in [5, 5.41) is 0. The number of hydrogen-bond donors (Lipinski definition) is 2. The zero-order valence-corrected chi connectivity index (χ0v) is 9.69. The summed E-state index contributed by atoms with van der Waals surface area (Å²) in [6, 6.07) is 3.59. The van der Waals surface area contributed by atoms with Gasteiger partial charge in [0, 0.05) is 6.07 Å². The van der Waals surface area contributed by atoms with Crippen LogP contribution < -0.4 is 10.5 Å². The molecule has 0 saturated carbocycles. The van der Waals surface area contributed by atoms with Crippen molar-refractivity contribution in [1.82, 2.24) is 15.0 Å². The predicted molar refractivity (Wildman–Crippen MR) is 62.2 cm³/mol. The van der Waals surface area contributed by atoms with Gasteiger partial charge in [-0.15, -0.1) is 0 Å². The number of nitrogens with zero attached hydrogens (tertiary/aromatic N) is 2. The summed E-state index contributed by atoms with van der Waals surface area (Å²) in [7, 11) is 1.58. The molecule has 16 heavy (non-hydrogen) atoms. The number of aromatic nitrogens is 3. The lowest BCUT2D eigenvalue weighted by atomic mass is 10.1. The van der Waals surface area contributed by atoms with E-state index in [1.54, 1.807) is 13.2 Å². The fraction of sp³-hybridized carbons (Fsp3) is 0.455. The van der Waals surface area contributed by atoms with E-state index in [-0.39, 0.29) is 6.04 Å². The van der Waals surface area contributed by atoms with Crippen molar-refractivity contribution in [2.24, 2.45) is 11.7 Å². The summed E-state index contributed by atoms with van der Waals surface area (Å²) in [5.74, 6) is 1.66. The first-order valence-corrected chi connectivity index (χ1v) is 5.28. The van der Waals surface area contributed by atoms with Gasteiger partial charge >= 0.3 is 0 Å². The zero-order valence-electron chi connectivity index (χ0n) is 9.69. The van der Waals surface area contributed by atoms with Gasteiger partial charge in [-0.25, -0.2) is 4.98 Å². The number of ether oxygens (including phenoxy) is 1. The Labute approximate surface area is 94.0 Å². The normalized spacial score (nSPS) is 13.3. The van der Waals surface area contributed by atoms with Crippen molar-refractivity contribution >= 4 is 11.2 Å². The van der Waals surface area contributed by atoms with Crippen LogP contribution in [0.1, 0.15) is 25.7 Å². The number of methoxy groups -OCH3 is 1. The Morgan fingerprint density at radius 2 is 2.06 bits per heavy atom. The minimum absolute atomic E-state index is 0.0970. The molecule has 2 heterocycles. The number of H-pyrrole nitrogens is 1. The van der Waals surface area contributed by atoms with Gasteiger partial charge in [0.25, 0.3) is 0 Å². The second-order valence-corrected chi connectivity index (χ2v) is 4.12. The average Bonchev–Trinajstić information content (AvgIpc) is 2.69. The van der Waals surface area contributed by atoms with Crippen LogP contribution in [-0.4, -0.2) is 22.1 Å². The Morgan fingerprint density at radius 1 is 1.31 bits per heavy atom. The summed E-state index contributed by atoms with van der Waals surface area (Å²) >= 11 is 0. The van der Waals surface area contributed by atoms with E-state index in [2.05, 4.69) is 28.8 Å². The number of fused-ring (bicyclic) bond motifs is 1. The molecule has 0 amide bonds. The van der Waals surface area contributed by atoms with Gasteiger partial charge in [0.1, 0.15) is 5.82 Å². The van der Waals surface area contributed by atoms with Crippen LogP contribution in [0.4, 0.5) is 0 Å². The van der Waals surface area contributed by atoms with E-state index in [4.69, 9.17) is 10.5 Å². The number of nitrogens with one attached hydrogen (secondary N) is 1. The maximum atomic E-state index is 6.02. The largest absolute Gasteiger partial charge is 0.481 e. The van der Waals surface area contributed by atoms with Crippen LogP contribution in [0.15, 0.2) is 12.1 Å². The molecule has 0 aliphatic heterocycles. The van der Waals surface area contributed by atoms with E-state index in [9.17, 15) is 0 Å². The van der Waals surface area contributed by atoms with Crippen molar-refractivity contribution in [3.63, 3.8) is 0 Å². The van der Waals surface area contributed by atoms with Gasteiger partial charge in [-0.2, -0.15) is 4.98 Å². The lowest BCUT2D eigenvalue weighted by Gasteiger charge is -2.11. The Bertz CT molecular complexity index is 492. The number of nitrogens with two attached hydrogens (primary N) is 1. The van der Waals surface area contributed by atoms with Crippen LogP contribution in [0, 0.1) is 5.92 Å². The Hall–Kier alpha value is -1.62. The third-order valence-electron chi connectivity index (χ3n) is 2.58. The molecule has 5 heteroatoms. The van der Waals surface area contributed by atoms with Gasteiger partial charge in [0.2, 0.25) is 5.88 Å². The van der Waals surface area contributed by atoms with Crippen molar-refractivity contribution < 1.29 is 4.74 Å². The zero-order chi connectivity index (χ0) is 11.7. The van der Waals surface area contributed by atoms with Gasteiger partial charge in [-0.1, -0.05) is 13.8 Å². The molecule has 0 aliphatic rings. The molecule has 0 aromatic carbocycles. The first-order chi connectivity index (χ1) is 7.61. The molecule has 0 bridgehead atoms. The average molecular weight is 220 g/mol. The van der Waals surface area contributed by atoms with Crippen molar-refractivity contribution in [3.05, 3.63) is 18.0 Å². The number of hydrogen-bond acceptors (Lipinski definition) is 4. The number of pyridine rings is 1. The number of rotatable bonds is 3. The third-order valence-corrected chi connectivity index (χ3v) is 2.58. The molecule has 2 aromatic rings. The summed E-state index contributed by atoms with van der Waals surface area (Å²) in [6.07, 6.45) is 0. The molecule has 2 aromatic heterocycles. The summed E-state index contributed by atoms with van der Waals surface area (Å²) < 4.78 is 5.04. The minimum atomic E-state index is -0.0970. The molecule has 0 aliphatic carbocycles. The van der Waals surface area contributed by atoms with Crippen LogP contribution in [0.25, 0.3) is 11.2 Å². The van der Waals surface area contributed by atoms with Crippen molar-refractivity contribution in [2.75, 3.05) is 7.11 Å². The molecule has 0 spiro atoms. The van der Waals surface area contributed by atoms with Crippen LogP contribution >= 0.6 is 0 Å². The number of aromatic amines is 1. The highest BCUT2D eigenvalue weighted by molar-refractivity contribution is 5.71. The van der Waals surface area contributed by atoms with E-state index in [0.717, 1.165) is 11.3 Å². The SMILES string of the molecule is COc1ccc2[nH]c(C(N)C(C)C)nc2n1. The Kier molecular flexibility index (Phi) is 2.78. The molecule has 2 rings (SSSR count). The fourth-order valence-electron chi connectivity index (χ4n) is 1.48. The smallest absolute Gasteiger partial charge is 0.215 e. The molecule has 86 valence electrons. The first-order valence-electron chi connectivity index (χ1n) is 5.28. The molecule has 1 unspecified atom stereocenters. The third kappa shape index (κ3) is 1.86. The van der Waals surface area contributed by atoms with Crippen molar-refractivity contribution in [3.8, 4) is 5.88 Å². The van der Waals surface area contributed by atoms with Gasteiger partial charge < -0.3 is 15.5 Å². The lowest BCUT2D eigenvalue weighted by Crippen LogP contribution is -2.18. The van der Waals surface area contributed by atoms with Gasteiger partial charge in [-0.05, 0) is 12.0 Å². The maximum absolute atomic E-state index is 6.02. The number of imidazole rings is 1. The van der Waals surface area contributed by atoms with Gasteiger partial charge in [-0.3, -0.25) is 0 Å². The molecular weight excluding hydrogens is 204 g/mol. The second kappa shape index (κ2) is 4.09. The molecule has 0 radical (unpaired) electrons. The highest BCUT2D eigenvalue weighted by Gasteiger charge is 2.15. The van der Waals surface area contributed by atoms with Crippen LogP contribution in [0.5, 0.6) is 5.88 Å². The molecule has 1 atom stereocenters. The quantitative estimate of drug-likeness (QED) is 0.824.